The Bertz CT molecular complexity index is 506. The van der Waals surface area contributed by atoms with Crippen LogP contribution in [-0.4, -0.2) is 5.75 Å². The summed E-state index contributed by atoms with van der Waals surface area (Å²) >= 11 is 1.80. The van der Waals surface area contributed by atoms with E-state index in [4.69, 9.17) is 11.5 Å². The van der Waals surface area contributed by atoms with Crippen LogP contribution in [0, 0.1) is 0 Å². The maximum atomic E-state index is 6.08. The second-order valence-electron chi connectivity index (χ2n) is 3.78. The van der Waals surface area contributed by atoms with Crippen LogP contribution >= 0.6 is 11.8 Å². The lowest BCUT2D eigenvalue weighted by atomic mass is 10.0. The predicted molar refractivity (Wildman–Crippen MR) is 77.1 cm³/mol. The summed E-state index contributed by atoms with van der Waals surface area (Å²) < 4.78 is 0. The fourth-order valence-electron chi connectivity index (χ4n) is 1.78. The van der Waals surface area contributed by atoms with Gasteiger partial charge in [-0.15, -0.1) is 11.8 Å². The minimum Gasteiger partial charge on any atom is -0.399 e. The number of hydrogen-bond donors (Lipinski definition) is 2. The highest BCUT2D eigenvalue weighted by atomic mass is 32.2. The van der Waals surface area contributed by atoms with Crippen molar-refractivity contribution in [2.45, 2.75) is 11.8 Å². The van der Waals surface area contributed by atoms with Crippen molar-refractivity contribution in [3.63, 3.8) is 0 Å². The SMILES string of the molecule is CCSc1cccc(N)c1-c1ccc(N)cc1. The van der Waals surface area contributed by atoms with Crippen LogP contribution in [0.4, 0.5) is 11.4 Å². The fourth-order valence-corrected chi connectivity index (χ4v) is 2.65. The third-order valence-corrected chi connectivity index (χ3v) is 3.50. The van der Waals surface area contributed by atoms with Crippen molar-refractivity contribution in [3.05, 3.63) is 42.5 Å². The molecule has 0 fully saturated rings. The average molecular weight is 244 g/mol. The van der Waals surface area contributed by atoms with Gasteiger partial charge in [0.2, 0.25) is 0 Å². The standard InChI is InChI=1S/C14H16N2S/c1-2-17-13-5-3-4-12(16)14(13)10-6-8-11(15)9-7-10/h3-9H,2,15-16H2,1H3. The molecule has 2 aromatic carbocycles. The molecular formula is C14H16N2S. The Morgan fingerprint density at radius 1 is 1.00 bits per heavy atom. The molecule has 4 N–H and O–H groups in total. The number of nitrogen functional groups attached to an aromatic ring is 2. The summed E-state index contributed by atoms with van der Waals surface area (Å²) in [6.45, 7) is 2.14. The van der Waals surface area contributed by atoms with Gasteiger partial charge in [0.15, 0.2) is 0 Å². The van der Waals surface area contributed by atoms with E-state index < -0.39 is 0 Å². The monoisotopic (exact) mass is 244 g/mol. The van der Waals surface area contributed by atoms with E-state index in [0.29, 0.717) is 0 Å². The molecule has 0 amide bonds. The van der Waals surface area contributed by atoms with E-state index in [1.807, 2.05) is 36.4 Å². The number of rotatable bonds is 3. The fraction of sp³-hybridized carbons (Fsp3) is 0.143. The van der Waals surface area contributed by atoms with Crippen molar-refractivity contribution < 1.29 is 0 Å². The average Bonchev–Trinajstić information content (AvgIpc) is 2.32. The summed E-state index contributed by atoms with van der Waals surface area (Å²) in [5.41, 5.74) is 15.6. The number of anilines is 2. The van der Waals surface area contributed by atoms with Gasteiger partial charge in [0.05, 0.1) is 0 Å². The highest BCUT2D eigenvalue weighted by molar-refractivity contribution is 7.99. The second-order valence-corrected chi connectivity index (χ2v) is 5.08. The summed E-state index contributed by atoms with van der Waals surface area (Å²) in [6.07, 6.45) is 0. The summed E-state index contributed by atoms with van der Waals surface area (Å²) in [7, 11) is 0. The van der Waals surface area contributed by atoms with Crippen molar-refractivity contribution in [2.75, 3.05) is 17.2 Å². The molecule has 3 heteroatoms. The molecule has 0 saturated carbocycles. The van der Waals surface area contributed by atoms with E-state index in [0.717, 1.165) is 28.3 Å². The van der Waals surface area contributed by atoms with Crippen LogP contribution in [0.5, 0.6) is 0 Å². The predicted octanol–water partition coefficient (Wildman–Crippen LogP) is 3.63. The molecule has 0 aliphatic heterocycles. The Labute approximate surface area is 106 Å². The van der Waals surface area contributed by atoms with Crippen LogP contribution in [0.1, 0.15) is 6.92 Å². The Hall–Kier alpha value is -1.61. The van der Waals surface area contributed by atoms with Crippen LogP contribution in [0.3, 0.4) is 0 Å². The zero-order valence-corrected chi connectivity index (χ0v) is 10.6. The Morgan fingerprint density at radius 3 is 2.35 bits per heavy atom. The maximum absolute atomic E-state index is 6.08. The summed E-state index contributed by atoms with van der Waals surface area (Å²) in [5.74, 6) is 1.03. The van der Waals surface area contributed by atoms with E-state index in [-0.39, 0.29) is 0 Å². The van der Waals surface area contributed by atoms with E-state index in [9.17, 15) is 0 Å². The molecule has 0 aromatic heterocycles. The first-order valence-electron chi connectivity index (χ1n) is 5.59. The van der Waals surface area contributed by atoms with Gasteiger partial charge in [-0.3, -0.25) is 0 Å². The zero-order chi connectivity index (χ0) is 12.3. The molecule has 0 radical (unpaired) electrons. The van der Waals surface area contributed by atoms with Gasteiger partial charge < -0.3 is 11.5 Å². The van der Waals surface area contributed by atoms with Gasteiger partial charge >= 0.3 is 0 Å². The van der Waals surface area contributed by atoms with Crippen molar-refractivity contribution in [1.82, 2.24) is 0 Å². The lowest BCUT2D eigenvalue weighted by Crippen LogP contribution is -1.93. The van der Waals surface area contributed by atoms with Gasteiger partial charge in [0.1, 0.15) is 0 Å². The highest BCUT2D eigenvalue weighted by Gasteiger charge is 2.08. The molecule has 0 aliphatic rings. The van der Waals surface area contributed by atoms with Gasteiger partial charge in [0.25, 0.3) is 0 Å². The molecule has 2 rings (SSSR count). The maximum Gasteiger partial charge on any atom is 0.0405 e. The number of benzene rings is 2. The molecule has 0 atom stereocenters. The topological polar surface area (TPSA) is 52.0 Å². The van der Waals surface area contributed by atoms with E-state index >= 15 is 0 Å². The lowest BCUT2D eigenvalue weighted by molar-refractivity contribution is 1.42. The summed E-state index contributed by atoms with van der Waals surface area (Å²) in [5, 5.41) is 0. The van der Waals surface area contributed by atoms with Crippen LogP contribution in [0.25, 0.3) is 11.1 Å². The minimum absolute atomic E-state index is 0.771. The Kier molecular flexibility index (Phi) is 3.59. The van der Waals surface area contributed by atoms with Crippen molar-refractivity contribution in [3.8, 4) is 11.1 Å². The van der Waals surface area contributed by atoms with Crippen LogP contribution in [-0.2, 0) is 0 Å². The molecule has 2 nitrogen and oxygen atoms in total. The molecule has 88 valence electrons. The summed E-state index contributed by atoms with van der Waals surface area (Å²) in [4.78, 5) is 1.22. The Balaban J connectivity index is 2.53. The minimum atomic E-state index is 0.771. The van der Waals surface area contributed by atoms with E-state index in [1.165, 1.54) is 4.90 Å². The zero-order valence-electron chi connectivity index (χ0n) is 9.81. The molecule has 17 heavy (non-hydrogen) atoms. The molecule has 0 spiro atoms. The van der Waals surface area contributed by atoms with Crippen molar-refractivity contribution >= 4 is 23.1 Å². The van der Waals surface area contributed by atoms with Gasteiger partial charge in [-0.25, -0.2) is 0 Å². The Morgan fingerprint density at radius 2 is 1.71 bits per heavy atom. The third-order valence-electron chi connectivity index (χ3n) is 2.56. The van der Waals surface area contributed by atoms with E-state index in [1.54, 1.807) is 11.8 Å². The summed E-state index contributed by atoms with van der Waals surface area (Å²) in [6, 6.07) is 13.9. The third kappa shape index (κ3) is 2.56. The van der Waals surface area contributed by atoms with Crippen molar-refractivity contribution in [1.29, 1.82) is 0 Å². The molecule has 0 unspecified atom stereocenters. The first kappa shape index (κ1) is 11.9. The first-order chi connectivity index (χ1) is 8.22. The van der Waals surface area contributed by atoms with Gasteiger partial charge in [0, 0.05) is 21.8 Å². The van der Waals surface area contributed by atoms with E-state index in [2.05, 4.69) is 13.0 Å². The normalized spacial score (nSPS) is 10.4. The van der Waals surface area contributed by atoms with Gasteiger partial charge in [-0.1, -0.05) is 25.1 Å². The molecule has 2 aromatic rings. The van der Waals surface area contributed by atoms with Gasteiger partial charge in [-0.05, 0) is 35.6 Å². The van der Waals surface area contributed by atoms with Crippen LogP contribution < -0.4 is 11.5 Å². The van der Waals surface area contributed by atoms with Crippen LogP contribution in [0.2, 0.25) is 0 Å². The van der Waals surface area contributed by atoms with Gasteiger partial charge in [-0.2, -0.15) is 0 Å². The molecule has 0 saturated heterocycles. The van der Waals surface area contributed by atoms with Crippen LogP contribution in [0.15, 0.2) is 47.4 Å². The number of hydrogen-bond acceptors (Lipinski definition) is 3. The van der Waals surface area contributed by atoms with Crippen molar-refractivity contribution in [2.24, 2.45) is 0 Å². The molecule has 0 bridgehead atoms. The first-order valence-corrected chi connectivity index (χ1v) is 6.58. The largest absolute Gasteiger partial charge is 0.399 e. The number of thioether (sulfide) groups is 1. The molecule has 0 heterocycles. The lowest BCUT2D eigenvalue weighted by Gasteiger charge is -2.11. The number of nitrogens with two attached hydrogens (primary N) is 2. The molecule has 0 aliphatic carbocycles. The highest BCUT2D eigenvalue weighted by Crippen LogP contribution is 2.36. The quantitative estimate of drug-likeness (QED) is 0.640. The second kappa shape index (κ2) is 5.15. The smallest absolute Gasteiger partial charge is 0.0405 e. The molecular weight excluding hydrogens is 228 g/mol.